The molecule has 0 saturated heterocycles. The van der Waals surface area contributed by atoms with Gasteiger partial charge in [0.1, 0.15) is 0 Å². The largest absolute Gasteiger partial charge is 0.370 e. The van der Waals surface area contributed by atoms with Crippen molar-refractivity contribution in [1.29, 1.82) is 37.9 Å². The smallest absolute Gasteiger partial charge is 0.218 e. The van der Waals surface area contributed by atoms with Crippen LogP contribution in [0.25, 0.3) is 0 Å². The quantitative estimate of drug-likeness (QED) is 0.0410. The minimum absolute atomic E-state index is 0.0637. The number of allylic oxidation sites excluding steroid dienone is 27. The van der Waals surface area contributed by atoms with Gasteiger partial charge in [-0.3, -0.25) is 109 Å². The van der Waals surface area contributed by atoms with Gasteiger partial charge in [0, 0.05) is 143 Å². The number of guanidine groups is 18. The highest BCUT2D eigenvalue weighted by Crippen LogP contribution is 2.19. The summed E-state index contributed by atoms with van der Waals surface area (Å²) in [6.45, 7) is 6.49. The third kappa shape index (κ3) is 59.5. The first-order valence-corrected chi connectivity index (χ1v) is 44.9. The molecule has 0 unspecified atom stereocenters. The number of aliphatic imine (C=N–C) groups is 11. The predicted molar refractivity (Wildman–Crippen MR) is 580 cm³/mol. The molecule has 9 aliphatic carbocycles. The van der Waals surface area contributed by atoms with E-state index >= 15 is 0 Å². The Morgan fingerprint density at radius 3 is 0.971 bits per heavy atom. The molecule has 0 amide bonds. The third-order valence-corrected chi connectivity index (χ3v) is 20.0. The molecule has 0 bridgehead atoms. The molecule has 0 aliphatic heterocycles. The zero-order chi connectivity index (χ0) is 103. The highest BCUT2D eigenvalue weighted by Gasteiger charge is 2.15. The molecule has 0 atom stereocenters. The number of hydrogen-bond donors (Lipinski definition) is 27. The average Bonchev–Trinajstić information content (AvgIpc) is 1.33. The van der Waals surface area contributed by atoms with Gasteiger partial charge in [0.05, 0.1) is 0 Å². The first-order chi connectivity index (χ1) is 65.7. The zero-order valence-corrected chi connectivity index (χ0v) is 82.9. The van der Waals surface area contributed by atoms with Gasteiger partial charge in [0.2, 0.25) is 17.9 Å². The normalized spacial score (nSPS) is 15.3. The molecule has 0 radical (unpaired) electrons. The lowest BCUT2D eigenvalue weighted by Gasteiger charge is -2.26. The summed E-state index contributed by atoms with van der Waals surface area (Å²) in [5.41, 5.74) is 92.6. The summed E-state index contributed by atoms with van der Waals surface area (Å²) in [6.07, 6.45) is 75.4. The van der Waals surface area contributed by atoms with Gasteiger partial charge in [-0.05, 0) is 116 Å². The first-order valence-electron chi connectivity index (χ1n) is 44.9. The second-order valence-corrected chi connectivity index (χ2v) is 31.1. The fourth-order valence-corrected chi connectivity index (χ4v) is 11.9. The van der Waals surface area contributed by atoms with Crippen LogP contribution in [-0.2, 0) is 0 Å². The van der Waals surface area contributed by atoms with Crippen LogP contribution in [0.3, 0.4) is 0 Å². The SMILES string of the molecule is CN(C(=N)N)C(N)=NCCC1=CCC=C1.CN(C)C(N)=NC(N)=NCCC1=CCC=C1.CN(CCC1=CCC=C1)C(=N)N(C)C(=N)N.CN(CCC1=CCC=C1)C(N)=NC(=N)N.CN=C(N)NC(=N)N(C)CCC1=CCC=C1.CN=C(N)NC(N)=NCCC1=CCC=C1.CN=C(NC(=N)N)N(C)CCC1=CCC=C1.CN=C(NCCC1=CCC=C1)NC(=N)N.NC(N)=NC(N)=NCCC1=CCC=C1. The maximum absolute atomic E-state index is 7.80. The minimum atomic E-state index is -0.265. The average molecular weight is 1910 g/mol. The van der Waals surface area contributed by atoms with Gasteiger partial charge >= 0.3 is 0 Å². The van der Waals surface area contributed by atoms with E-state index in [-0.39, 0.29) is 83.4 Å². The fraction of sp³-hybridized carbons (Fsp3) is 0.419. The first kappa shape index (κ1) is 120. The highest BCUT2D eigenvalue weighted by molar-refractivity contribution is 6.00. The molecule has 0 heterocycles. The molecule has 756 valence electrons. The van der Waals surface area contributed by atoms with Crippen LogP contribution < -0.4 is 113 Å². The van der Waals surface area contributed by atoms with Crippen molar-refractivity contribution in [2.24, 2.45) is 141 Å². The molecule has 42 N–H and O–H groups in total. The van der Waals surface area contributed by atoms with Crippen LogP contribution in [-0.4, -0.2) is 285 Å². The Labute approximate surface area is 816 Å². The summed E-state index contributed by atoms with van der Waals surface area (Å²) in [7, 11) is 20.8. The van der Waals surface area contributed by atoms with E-state index in [0.717, 1.165) is 148 Å². The topological polar surface area (TPSA) is 776 Å². The van der Waals surface area contributed by atoms with Crippen molar-refractivity contribution in [1.82, 2.24) is 60.9 Å². The maximum atomic E-state index is 7.80. The monoisotopic (exact) mass is 1910 g/mol. The number of hydrogen-bond acceptors (Lipinski definition) is 15. The summed E-state index contributed by atoms with van der Waals surface area (Å²) in [6, 6.07) is 0. The Morgan fingerprint density at radius 1 is 0.312 bits per heavy atom. The molecule has 138 heavy (non-hydrogen) atoms. The van der Waals surface area contributed by atoms with E-state index in [2.05, 4.69) is 246 Å². The van der Waals surface area contributed by atoms with E-state index in [1.165, 1.54) is 60.0 Å². The lowest BCUT2D eigenvalue weighted by Crippen LogP contribution is -2.45. The molecule has 0 saturated carbocycles. The fourth-order valence-electron chi connectivity index (χ4n) is 11.9. The summed E-state index contributed by atoms with van der Waals surface area (Å²) in [5, 5.41) is 64.9. The molecule has 0 spiro atoms. The van der Waals surface area contributed by atoms with Crippen molar-refractivity contribution in [3.8, 4) is 0 Å². The van der Waals surface area contributed by atoms with Gasteiger partial charge < -0.3 is 116 Å². The van der Waals surface area contributed by atoms with E-state index in [9.17, 15) is 0 Å². The maximum Gasteiger partial charge on any atom is 0.218 e. The van der Waals surface area contributed by atoms with E-state index in [1.54, 1.807) is 71.1 Å². The van der Waals surface area contributed by atoms with Crippen molar-refractivity contribution >= 4 is 107 Å². The summed E-state index contributed by atoms with van der Waals surface area (Å²) < 4.78 is 0. The molecular formula is C93H159N45. The van der Waals surface area contributed by atoms with Gasteiger partial charge in [-0.15, -0.1) is 0 Å². The van der Waals surface area contributed by atoms with Crippen LogP contribution >= 0.6 is 0 Å². The van der Waals surface area contributed by atoms with Crippen LogP contribution in [0, 0.1) is 37.9 Å². The van der Waals surface area contributed by atoms with Crippen LogP contribution in [0.15, 0.2) is 269 Å². The molecule has 9 rings (SSSR count). The summed E-state index contributed by atoms with van der Waals surface area (Å²) in [4.78, 5) is 54.8. The Morgan fingerprint density at radius 2 is 0.645 bits per heavy atom. The minimum Gasteiger partial charge on any atom is -0.370 e. The van der Waals surface area contributed by atoms with Crippen molar-refractivity contribution in [2.75, 3.05) is 143 Å². The van der Waals surface area contributed by atoms with Crippen LogP contribution in [0.5, 0.6) is 0 Å². The molecule has 45 nitrogen and oxygen atoms in total. The van der Waals surface area contributed by atoms with Crippen LogP contribution in [0.1, 0.15) is 116 Å². The van der Waals surface area contributed by atoms with Gasteiger partial charge in [0.15, 0.2) is 89.4 Å². The second kappa shape index (κ2) is 71.6. The van der Waals surface area contributed by atoms with Crippen molar-refractivity contribution in [3.05, 3.63) is 214 Å². The molecule has 0 aromatic heterocycles. The zero-order valence-electron chi connectivity index (χ0n) is 82.9. The van der Waals surface area contributed by atoms with Crippen molar-refractivity contribution in [2.45, 2.75) is 116 Å². The Hall–Kier alpha value is -16.0. The predicted octanol–water partition coefficient (Wildman–Crippen LogP) is 3.82. The van der Waals surface area contributed by atoms with Gasteiger partial charge in [0.25, 0.3) is 0 Å². The molecule has 9 aliphatic rings. The van der Waals surface area contributed by atoms with Crippen molar-refractivity contribution < 1.29 is 0 Å². The molecule has 0 aromatic carbocycles. The summed E-state index contributed by atoms with van der Waals surface area (Å²) >= 11 is 0. The number of nitrogens with one attached hydrogen (secondary N) is 12. The van der Waals surface area contributed by atoms with Crippen LogP contribution in [0.4, 0.5) is 0 Å². The van der Waals surface area contributed by atoms with Crippen LogP contribution in [0.2, 0.25) is 0 Å². The van der Waals surface area contributed by atoms with E-state index in [4.69, 9.17) is 124 Å². The Kier molecular flexibility index (Phi) is 62.2. The molecule has 45 heteroatoms. The number of nitrogens with two attached hydrogens (primary N) is 15. The molecule has 0 aromatic rings. The standard InChI is InChI=1S/4C11H19N5.4C10H17N5.C9H15N5/c1-16(2)11(13)15-10(12)14-8-7-9-5-3-4-6-9;1-14-10(12)15-11(13)16(2)8-7-9-5-3-4-6-9;1-15(11(14)16(2)10(12)13)8-7-9-5-3-4-6-9;1-14-11(15-10(12)13)16(2)8-7-9-5-3-4-6-9;1-13-9(11)15-10(12)14-7-6-8-4-2-3-5-8;1-15(10(13)14-9(11)12)7-6-8-4-2-3-5-8;1-15(9(11)12)10(13)14-7-6-8-4-2-3-5-8;1-13-10(15-9(11)12)14-7-6-8-4-2-3-5-8;10-8(11)14-9(12)13-6-5-7-3-1-2-4-7/h2*3,5-6H,4,7-8H2,1-2H3,(H4,12,13,14,15);3,5-6,14H,4,7-8H2,1-2H3,(H3,12,13);3,5-6H,4,7-8H2,1-2H3,(H4,12,13,14,15);2,4-5H,3,6-7H2,1H3,(H5,11,12,13,14,15);2,4-5H,3,6-7H2,1H3,(H5,11,12,13,14);2,4-5H,3,6-7H2,1H3,(H3,11,12)(H2,13,14);2,4-5H,3,6-7H2,1H3,(H5,11,12,13,14,15);1,3-4H,2,5-6H2,(H6,10,11,12,13,14). The van der Waals surface area contributed by atoms with E-state index in [0.29, 0.717) is 50.0 Å². The van der Waals surface area contributed by atoms with E-state index in [1.807, 2.05) is 38.0 Å². The molecular weight excluding hydrogens is 1750 g/mol. The van der Waals surface area contributed by atoms with Crippen molar-refractivity contribution in [3.63, 3.8) is 0 Å². The third-order valence-electron chi connectivity index (χ3n) is 20.0. The second-order valence-electron chi connectivity index (χ2n) is 31.1. The Balaban J connectivity index is 0.000000776. The highest BCUT2D eigenvalue weighted by atomic mass is 15.4. The van der Waals surface area contributed by atoms with Gasteiger partial charge in [-0.25, -0.2) is 0 Å². The lowest BCUT2D eigenvalue weighted by atomic mass is 10.2. The van der Waals surface area contributed by atoms with E-state index < -0.39 is 0 Å². The number of rotatable bonds is 27. The molecule has 0 fully saturated rings. The van der Waals surface area contributed by atoms with Gasteiger partial charge in [-0.2, -0.15) is 15.0 Å². The number of nitrogens with zero attached hydrogens (tertiary/aromatic N) is 18. The lowest BCUT2D eigenvalue weighted by molar-refractivity contribution is 0.449. The summed E-state index contributed by atoms with van der Waals surface area (Å²) in [5.74, 6) is 3.06. The Bertz CT molecular complexity index is 4870. The van der Waals surface area contributed by atoms with Gasteiger partial charge in [-0.1, -0.05) is 214 Å².